The number of nitrogens with one attached hydrogen (secondary N) is 1. The maximum Gasteiger partial charge on any atom is 0.224 e. The van der Waals surface area contributed by atoms with E-state index in [1.165, 1.54) is 0 Å². The minimum Gasteiger partial charge on any atom is -0.356 e. The van der Waals surface area contributed by atoms with Crippen LogP contribution in [0.5, 0.6) is 0 Å². The number of rotatable bonds is 3. The van der Waals surface area contributed by atoms with Gasteiger partial charge in [0.1, 0.15) is 0 Å². The summed E-state index contributed by atoms with van der Waals surface area (Å²) in [6.07, 6.45) is 1.01. The summed E-state index contributed by atoms with van der Waals surface area (Å²) in [5.41, 5.74) is 0.343. The number of amides is 1. The van der Waals surface area contributed by atoms with Crippen LogP contribution in [0.15, 0.2) is 0 Å². The summed E-state index contributed by atoms with van der Waals surface area (Å²) in [5.74, 6) is 0.434. The fourth-order valence-electron chi connectivity index (χ4n) is 2.20. The van der Waals surface area contributed by atoms with Gasteiger partial charge in [0.15, 0.2) is 0 Å². The Hall–Kier alpha value is -0.530. The average molecular weight is 183 g/mol. The lowest BCUT2D eigenvalue weighted by Crippen LogP contribution is -2.27. The van der Waals surface area contributed by atoms with Crippen LogP contribution in [-0.2, 0) is 4.79 Å². The SMILES string of the molecule is CCCNC(=O)C1C(C)(C)C1(C)C. The fourth-order valence-corrected chi connectivity index (χ4v) is 2.20. The van der Waals surface area contributed by atoms with Crippen LogP contribution in [0.2, 0.25) is 0 Å². The van der Waals surface area contributed by atoms with Crippen LogP contribution >= 0.6 is 0 Å². The Morgan fingerprint density at radius 2 is 1.69 bits per heavy atom. The van der Waals surface area contributed by atoms with E-state index in [1.54, 1.807) is 0 Å². The first-order valence-corrected chi connectivity index (χ1v) is 5.13. The molecule has 13 heavy (non-hydrogen) atoms. The molecule has 1 rings (SSSR count). The highest BCUT2D eigenvalue weighted by Gasteiger charge is 2.68. The predicted molar refractivity (Wildman–Crippen MR) is 54.4 cm³/mol. The van der Waals surface area contributed by atoms with E-state index >= 15 is 0 Å². The van der Waals surface area contributed by atoms with Crippen LogP contribution in [0.25, 0.3) is 0 Å². The van der Waals surface area contributed by atoms with Crippen molar-refractivity contribution in [3.8, 4) is 0 Å². The lowest BCUT2D eigenvalue weighted by molar-refractivity contribution is -0.123. The summed E-state index contributed by atoms with van der Waals surface area (Å²) in [7, 11) is 0. The zero-order chi connectivity index (χ0) is 10.3. The Kier molecular flexibility index (Phi) is 2.44. The third-order valence-electron chi connectivity index (χ3n) is 3.83. The van der Waals surface area contributed by atoms with E-state index < -0.39 is 0 Å². The minimum absolute atomic E-state index is 0.171. The molecular weight excluding hydrogens is 162 g/mol. The summed E-state index contributed by atoms with van der Waals surface area (Å²) >= 11 is 0. The molecule has 0 unspecified atom stereocenters. The number of hydrogen-bond acceptors (Lipinski definition) is 1. The summed E-state index contributed by atoms with van der Waals surface area (Å²) in [4.78, 5) is 11.7. The monoisotopic (exact) mass is 183 g/mol. The summed E-state index contributed by atoms with van der Waals surface area (Å²) in [5, 5.41) is 2.97. The largest absolute Gasteiger partial charge is 0.356 e. The van der Waals surface area contributed by atoms with E-state index in [2.05, 4.69) is 39.9 Å². The van der Waals surface area contributed by atoms with Crippen molar-refractivity contribution in [2.75, 3.05) is 6.54 Å². The highest BCUT2D eigenvalue weighted by Crippen LogP contribution is 2.68. The molecular formula is C11H21NO. The van der Waals surface area contributed by atoms with Crippen LogP contribution in [0.3, 0.4) is 0 Å². The lowest BCUT2D eigenvalue weighted by atomic mass is 10.0. The zero-order valence-electron chi connectivity index (χ0n) is 9.40. The third kappa shape index (κ3) is 1.47. The Morgan fingerprint density at radius 1 is 1.23 bits per heavy atom. The van der Waals surface area contributed by atoms with E-state index in [1.807, 2.05) is 0 Å². The first-order chi connectivity index (χ1) is 5.85. The molecule has 2 heteroatoms. The molecule has 1 aliphatic rings. The van der Waals surface area contributed by atoms with Crippen molar-refractivity contribution in [2.45, 2.75) is 41.0 Å². The van der Waals surface area contributed by atoms with Crippen molar-refractivity contribution in [3.05, 3.63) is 0 Å². The second kappa shape index (κ2) is 3.00. The molecule has 1 amide bonds. The van der Waals surface area contributed by atoms with Gasteiger partial charge in [-0.15, -0.1) is 0 Å². The second-order valence-electron chi connectivity index (χ2n) is 5.17. The summed E-state index contributed by atoms with van der Waals surface area (Å²) in [6.45, 7) is 11.6. The molecule has 0 radical (unpaired) electrons. The lowest BCUT2D eigenvalue weighted by Gasteiger charge is -2.03. The Bertz CT molecular complexity index is 204. The quantitative estimate of drug-likeness (QED) is 0.714. The molecule has 0 atom stereocenters. The first kappa shape index (κ1) is 10.6. The number of hydrogen-bond donors (Lipinski definition) is 1. The molecule has 0 spiro atoms. The van der Waals surface area contributed by atoms with Crippen molar-refractivity contribution in [3.63, 3.8) is 0 Å². The van der Waals surface area contributed by atoms with Gasteiger partial charge in [0, 0.05) is 12.5 Å². The standard InChI is InChI=1S/C11H21NO/c1-6-7-12-9(13)8-10(2,3)11(8,4)5/h8H,6-7H2,1-5H3,(H,12,13). The second-order valence-corrected chi connectivity index (χ2v) is 5.17. The molecule has 1 saturated carbocycles. The molecule has 1 fully saturated rings. The third-order valence-corrected chi connectivity index (χ3v) is 3.83. The van der Waals surface area contributed by atoms with E-state index in [4.69, 9.17) is 0 Å². The van der Waals surface area contributed by atoms with Gasteiger partial charge in [0.2, 0.25) is 5.91 Å². The molecule has 0 aromatic carbocycles. The summed E-state index contributed by atoms with van der Waals surface area (Å²) in [6, 6.07) is 0. The van der Waals surface area contributed by atoms with E-state index in [-0.39, 0.29) is 22.7 Å². The molecule has 1 N–H and O–H groups in total. The number of carbonyl (C=O) groups is 1. The molecule has 1 aliphatic carbocycles. The minimum atomic E-state index is 0.171. The van der Waals surface area contributed by atoms with Crippen LogP contribution in [0.4, 0.5) is 0 Å². The van der Waals surface area contributed by atoms with Gasteiger partial charge in [-0.25, -0.2) is 0 Å². The molecule has 0 saturated heterocycles. The Balaban J connectivity index is 2.53. The Labute approximate surface area is 81.1 Å². The zero-order valence-corrected chi connectivity index (χ0v) is 9.40. The maximum absolute atomic E-state index is 11.7. The molecule has 76 valence electrons. The molecule has 0 aliphatic heterocycles. The highest BCUT2D eigenvalue weighted by molar-refractivity contribution is 5.84. The van der Waals surface area contributed by atoms with Gasteiger partial charge in [-0.3, -0.25) is 4.79 Å². The van der Waals surface area contributed by atoms with Gasteiger partial charge in [-0.1, -0.05) is 34.6 Å². The predicted octanol–water partition coefficient (Wildman–Crippen LogP) is 2.19. The van der Waals surface area contributed by atoms with Crippen molar-refractivity contribution in [1.29, 1.82) is 0 Å². The maximum atomic E-state index is 11.7. The first-order valence-electron chi connectivity index (χ1n) is 5.13. The van der Waals surface area contributed by atoms with Gasteiger partial charge >= 0.3 is 0 Å². The molecule has 0 heterocycles. The van der Waals surface area contributed by atoms with E-state index in [9.17, 15) is 4.79 Å². The molecule has 0 bridgehead atoms. The van der Waals surface area contributed by atoms with E-state index in [0.717, 1.165) is 13.0 Å². The molecule has 2 nitrogen and oxygen atoms in total. The highest BCUT2D eigenvalue weighted by atomic mass is 16.2. The summed E-state index contributed by atoms with van der Waals surface area (Å²) < 4.78 is 0. The molecule has 0 aromatic rings. The van der Waals surface area contributed by atoms with Gasteiger partial charge < -0.3 is 5.32 Å². The topological polar surface area (TPSA) is 29.1 Å². The van der Waals surface area contributed by atoms with Gasteiger partial charge in [0.25, 0.3) is 0 Å². The van der Waals surface area contributed by atoms with Gasteiger partial charge in [0.05, 0.1) is 0 Å². The van der Waals surface area contributed by atoms with Crippen molar-refractivity contribution in [2.24, 2.45) is 16.7 Å². The number of carbonyl (C=O) groups excluding carboxylic acids is 1. The van der Waals surface area contributed by atoms with Gasteiger partial charge in [-0.2, -0.15) is 0 Å². The van der Waals surface area contributed by atoms with Crippen molar-refractivity contribution < 1.29 is 4.79 Å². The van der Waals surface area contributed by atoms with Crippen molar-refractivity contribution >= 4 is 5.91 Å². The molecule has 0 aromatic heterocycles. The van der Waals surface area contributed by atoms with Crippen LogP contribution in [-0.4, -0.2) is 12.5 Å². The van der Waals surface area contributed by atoms with Crippen molar-refractivity contribution in [1.82, 2.24) is 5.32 Å². The fraction of sp³-hybridized carbons (Fsp3) is 0.909. The van der Waals surface area contributed by atoms with Crippen LogP contribution in [0, 0.1) is 16.7 Å². The average Bonchev–Trinajstić information content (AvgIpc) is 2.39. The van der Waals surface area contributed by atoms with Crippen LogP contribution < -0.4 is 5.32 Å². The normalized spacial score (nSPS) is 24.1. The Morgan fingerprint density at radius 3 is 2.00 bits per heavy atom. The van der Waals surface area contributed by atoms with E-state index in [0.29, 0.717) is 0 Å². The van der Waals surface area contributed by atoms with Crippen LogP contribution in [0.1, 0.15) is 41.0 Å². The van der Waals surface area contributed by atoms with Gasteiger partial charge in [-0.05, 0) is 17.3 Å². The smallest absolute Gasteiger partial charge is 0.224 e.